The van der Waals surface area contributed by atoms with Gasteiger partial charge in [0.2, 0.25) is 0 Å². The number of alkyl halides is 1. The van der Waals surface area contributed by atoms with E-state index in [0.717, 1.165) is 0 Å². The van der Waals surface area contributed by atoms with E-state index in [1.165, 1.54) is 21.8 Å². The number of aromatic nitrogens is 6. The molecule has 2 aliphatic rings. The van der Waals surface area contributed by atoms with Gasteiger partial charge in [0.25, 0.3) is 0 Å². The summed E-state index contributed by atoms with van der Waals surface area (Å²) >= 11 is 0. The van der Waals surface area contributed by atoms with Crippen molar-refractivity contribution in [2.24, 2.45) is 0 Å². The molecule has 0 saturated carbocycles. The fourth-order valence-corrected chi connectivity index (χ4v) is 4.09. The van der Waals surface area contributed by atoms with Crippen LogP contribution < -0.4 is 9.80 Å². The van der Waals surface area contributed by atoms with Crippen LogP contribution >= 0.6 is 0 Å². The lowest BCUT2D eigenvalue weighted by Crippen LogP contribution is -2.43. The normalized spacial score (nSPS) is 23.9. The van der Waals surface area contributed by atoms with Gasteiger partial charge in [0.1, 0.15) is 18.1 Å². The molecule has 2 fully saturated rings. The lowest BCUT2D eigenvalue weighted by molar-refractivity contribution is 0.129. The summed E-state index contributed by atoms with van der Waals surface area (Å²) < 4.78 is 38.1. The highest BCUT2D eigenvalue weighted by Crippen LogP contribution is 2.32. The molecule has 162 valence electrons. The highest BCUT2D eigenvalue weighted by Gasteiger charge is 2.35. The number of hydrogen-bond donors (Lipinski definition) is 0. The van der Waals surface area contributed by atoms with Gasteiger partial charge in [-0.3, -0.25) is 4.90 Å². The number of benzene rings is 1. The minimum Gasteiger partial charge on any atom is -0.442 e. The van der Waals surface area contributed by atoms with Crippen LogP contribution in [0.3, 0.4) is 0 Å². The average Bonchev–Trinajstić information content (AvgIpc) is 3.51. The Labute approximate surface area is 176 Å². The van der Waals surface area contributed by atoms with E-state index in [9.17, 15) is 13.6 Å². The number of amides is 1. The van der Waals surface area contributed by atoms with Crippen molar-refractivity contribution in [3.63, 3.8) is 0 Å². The zero-order valence-electron chi connectivity index (χ0n) is 16.5. The standard InChI is InChI=1S/C19H20F2N8O2/c20-15-9-13(28-11-14(31-19(28)30)10-27-7-4-22-24-27)1-2-17(15)26-6-3-18(16(21)12-26)29-8-5-23-25-29/h1-2,4-5,7-9,14,16,18H,3,6,10-12H2/t14?,16-,18?/m1/s1. The molecular weight excluding hydrogens is 410 g/mol. The first-order chi connectivity index (χ1) is 15.1. The minimum atomic E-state index is -1.21. The third kappa shape index (κ3) is 3.80. The summed E-state index contributed by atoms with van der Waals surface area (Å²) in [4.78, 5) is 15.3. The van der Waals surface area contributed by atoms with Crippen molar-refractivity contribution < 1.29 is 18.3 Å². The molecule has 0 N–H and O–H groups in total. The van der Waals surface area contributed by atoms with Crippen molar-refractivity contribution in [2.75, 3.05) is 29.4 Å². The van der Waals surface area contributed by atoms with Gasteiger partial charge in [-0.2, -0.15) is 0 Å². The molecule has 0 aliphatic carbocycles. The van der Waals surface area contributed by atoms with Crippen molar-refractivity contribution in [3.8, 4) is 0 Å². The summed E-state index contributed by atoms with van der Waals surface area (Å²) in [6.45, 7) is 1.16. The maximum Gasteiger partial charge on any atom is 0.414 e. The number of carbonyl (C=O) groups is 1. The van der Waals surface area contributed by atoms with Crippen LogP contribution in [-0.4, -0.2) is 68.0 Å². The molecular formula is C19H20F2N8O2. The summed E-state index contributed by atoms with van der Waals surface area (Å²) in [6.07, 6.45) is 4.67. The van der Waals surface area contributed by atoms with Crippen LogP contribution in [0.25, 0.3) is 0 Å². The second-order valence-corrected chi connectivity index (χ2v) is 7.58. The smallest absolute Gasteiger partial charge is 0.414 e. The van der Waals surface area contributed by atoms with E-state index in [0.29, 0.717) is 30.9 Å². The van der Waals surface area contributed by atoms with E-state index in [2.05, 4.69) is 20.6 Å². The summed E-state index contributed by atoms with van der Waals surface area (Å²) in [7, 11) is 0. The van der Waals surface area contributed by atoms with Gasteiger partial charge in [0.15, 0.2) is 0 Å². The summed E-state index contributed by atoms with van der Waals surface area (Å²) in [5.74, 6) is -0.517. The molecule has 10 nitrogen and oxygen atoms in total. The third-order valence-corrected chi connectivity index (χ3v) is 5.61. The molecule has 3 aromatic rings. The quantitative estimate of drug-likeness (QED) is 0.610. The molecule has 2 aliphatic heterocycles. The number of cyclic esters (lactones) is 1. The molecule has 1 aromatic carbocycles. The summed E-state index contributed by atoms with van der Waals surface area (Å²) in [5, 5.41) is 15.2. The fraction of sp³-hybridized carbons (Fsp3) is 0.421. The molecule has 12 heteroatoms. The molecule has 2 saturated heterocycles. The van der Waals surface area contributed by atoms with Crippen LogP contribution in [0, 0.1) is 5.82 Å². The average molecular weight is 430 g/mol. The predicted molar refractivity (Wildman–Crippen MR) is 105 cm³/mol. The molecule has 0 radical (unpaired) electrons. The lowest BCUT2D eigenvalue weighted by Gasteiger charge is -2.36. The summed E-state index contributed by atoms with van der Waals surface area (Å²) in [5.41, 5.74) is 0.691. The molecule has 4 heterocycles. The maximum absolute atomic E-state index is 14.9. The van der Waals surface area contributed by atoms with Crippen LogP contribution in [0.5, 0.6) is 0 Å². The highest BCUT2D eigenvalue weighted by atomic mass is 19.1. The first-order valence-corrected chi connectivity index (χ1v) is 9.95. The highest BCUT2D eigenvalue weighted by molar-refractivity contribution is 5.90. The Hall–Kier alpha value is -3.57. The zero-order valence-corrected chi connectivity index (χ0v) is 16.5. The van der Waals surface area contributed by atoms with E-state index in [1.807, 2.05) is 0 Å². The van der Waals surface area contributed by atoms with Crippen molar-refractivity contribution in [1.82, 2.24) is 30.0 Å². The molecule has 0 spiro atoms. The second kappa shape index (κ2) is 7.93. The monoisotopic (exact) mass is 430 g/mol. The fourth-order valence-electron chi connectivity index (χ4n) is 4.09. The zero-order chi connectivity index (χ0) is 21.4. The molecule has 31 heavy (non-hydrogen) atoms. The molecule has 1 amide bonds. The van der Waals surface area contributed by atoms with E-state index >= 15 is 0 Å². The summed E-state index contributed by atoms with van der Waals surface area (Å²) in [6, 6.07) is 4.09. The third-order valence-electron chi connectivity index (χ3n) is 5.61. The Morgan fingerprint density at radius 2 is 1.97 bits per heavy atom. The van der Waals surface area contributed by atoms with Gasteiger partial charge in [-0.15, -0.1) is 10.2 Å². The van der Waals surface area contributed by atoms with Crippen LogP contribution in [0.1, 0.15) is 12.5 Å². The Balaban J connectivity index is 1.26. The second-order valence-electron chi connectivity index (χ2n) is 7.58. The SMILES string of the molecule is O=C1OC(Cn2ccnn2)CN1c1ccc(N2CCC(n3ccnn3)[C@H](F)C2)c(F)c1. The Bertz CT molecular complexity index is 1050. The number of hydrogen-bond acceptors (Lipinski definition) is 7. The largest absolute Gasteiger partial charge is 0.442 e. The number of piperidine rings is 1. The number of ether oxygens (including phenoxy) is 1. The van der Waals surface area contributed by atoms with Crippen molar-refractivity contribution in [3.05, 3.63) is 48.8 Å². The number of carbonyl (C=O) groups excluding carboxylic acids is 1. The van der Waals surface area contributed by atoms with Crippen molar-refractivity contribution in [2.45, 2.75) is 31.3 Å². The lowest BCUT2D eigenvalue weighted by atomic mass is 10.0. The van der Waals surface area contributed by atoms with Crippen molar-refractivity contribution >= 4 is 17.5 Å². The van der Waals surface area contributed by atoms with Gasteiger partial charge < -0.3 is 9.64 Å². The van der Waals surface area contributed by atoms with Gasteiger partial charge in [0, 0.05) is 18.9 Å². The van der Waals surface area contributed by atoms with E-state index < -0.39 is 30.2 Å². The number of nitrogens with zero attached hydrogens (tertiary/aromatic N) is 8. The first kappa shape index (κ1) is 19.4. The Morgan fingerprint density at radius 3 is 2.68 bits per heavy atom. The molecule has 3 atom stereocenters. The van der Waals surface area contributed by atoms with Gasteiger partial charge >= 0.3 is 6.09 Å². The van der Waals surface area contributed by atoms with Gasteiger partial charge in [-0.25, -0.2) is 22.9 Å². The van der Waals surface area contributed by atoms with Crippen LogP contribution in [0.15, 0.2) is 43.0 Å². The molecule has 2 unspecified atom stereocenters. The number of rotatable bonds is 5. The van der Waals surface area contributed by atoms with Crippen molar-refractivity contribution in [1.29, 1.82) is 0 Å². The topological polar surface area (TPSA) is 94.2 Å². The molecule has 0 bridgehead atoms. The molecule has 2 aromatic heterocycles. The van der Waals surface area contributed by atoms with Crippen LogP contribution in [0.4, 0.5) is 25.0 Å². The first-order valence-electron chi connectivity index (χ1n) is 9.95. The van der Waals surface area contributed by atoms with E-state index in [1.54, 1.807) is 40.3 Å². The van der Waals surface area contributed by atoms with Crippen LogP contribution in [0.2, 0.25) is 0 Å². The number of halogens is 2. The Morgan fingerprint density at radius 1 is 1.13 bits per heavy atom. The predicted octanol–water partition coefficient (Wildman–Crippen LogP) is 1.82. The Kier molecular flexibility index (Phi) is 4.96. The van der Waals surface area contributed by atoms with E-state index in [-0.39, 0.29) is 13.1 Å². The minimum absolute atomic E-state index is 0.0481. The van der Waals surface area contributed by atoms with Gasteiger partial charge in [-0.05, 0) is 24.6 Å². The number of anilines is 2. The van der Waals surface area contributed by atoms with Gasteiger partial charge in [-0.1, -0.05) is 10.4 Å². The van der Waals surface area contributed by atoms with Gasteiger partial charge in [0.05, 0.1) is 49.4 Å². The maximum atomic E-state index is 14.9. The molecule has 5 rings (SSSR count). The van der Waals surface area contributed by atoms with Crippen LogP contribution in [-0.2, 0) is 11.3 Å². The van der Waals surface area contributed by atoms with E-state index in [4.69, 9.17) is 4.74 Å².